The molecule has 3 heteroatoms. The van der Waals surface area contributed by atoms with Crippen molar-refractivity contribution in [2.75, 3.05) is 0 Å². The molecule has 0 aromatic rings. The molecule has 0 saturated carbocycles. The molecule has 0 aliphatic carbocycles. The van der Waals surface area contributed by atoms with Gasteiger partial charge in [-0.3, -0.25) is 4.79 Å². The summed E-state index contributed by atoms with van der Waals surface area (Å²) in [4.78, 5) is 10.6. The maximum Gasteiger partial charge on any atom is 0.320 e. The van der Waals surface area contributed by atoms with Crippen molar-refractivity contribution in [3.8, 4) is 0 Å². The van der Waals surface area contributed by atoms with Crippen molar-refractivity contribution in [1.29, 1.82) is 0 Å². The van der Waals surface area contributed by atoms with Gasteiger partial charge < -0.3 is 10.4 Å². The van der Waals surface area contributed by atoms with E-state index in [0.717, 1.165) is 0 Å². The Kier molecular flexibility index (Phi) is 4.99. The van der Waals surface area contributed by atoms with Gasteiger partial charge in [-0.05, 0) is 18.8 Å². The Morgan fingerprint density at radius 2 is 1.46 bits per heavy atom. The van der Waals surface area contributed by atoms with Crippen molar-refractivity contribution < 1.29 is 9.90 Å². The second-order valence-corrected chi connectivity index (χ2v) is 4.24. The van der Waals surface area contributed by atoms with E-state index >= 15 is 0 Å². The number of hydrogen-bond acceptors (Lipinski definition) is 2. The van der Waals surface area contributed by atoms with E-state index in [1.807, 2.05) is 0 Å². The first-order valence-corrected chi connectivity index (χ1v) is 4.85. The molecule has 0 aliphatic rings. The van der Waals surface area contributed by atoms with Crippen LogP contribution in [-0.4, -0.2) is 23.2 Å². The second kappa shape index (κ2) is 5.22. The van der Waals surface area contributed by atoms with Crippen LogP contribution in [0.5, 0.6) is 0 Å². The molecule has 2 N–H and O–H groups in total. The molecule has 0 rings (SSSR count). The lowest BCUT2D eigenvalue weighted by Gasteiger charge is -2.28. The lowest BCUT2D eigenvalue weighted by molar-refractivity contribution is -0.139. The van der Waals surface area contributed by atoms with E-state index in [1.165, 1.54) is 0 Å². The third kappa shape index (κ3) is 4.27. The Balaban J connectivity index is 4.18. The molecule has 0 fully saturated rings. The summed E-state index contributed by atoms with van der Waals surface area (Å²) in [5.41, 5.74) is 0. The quantitative estimate of drug-likeness (QED) is 0.689. The fourth-order valence-electron chi connectivity index (χ4n) is 1.51. The third-order valence-corrected chi connectivity index (χ3v) is 2.25. The molecule has 78 valence electrons. The summed E-state index contributed by atoms with van der Waals surface area (Å²) < 4.78 is 0. The molecular weight excluding hydrogens is 166 g/mol. The van der Waals surface area contributed by atoms with Crippen molar-refractivity contribution in [2.45, 2.75) is 46.7 Å². The number of carboxylic acids is 1. The molecule has 0 aromatic carbocycles. The van der Waals surface area contributed by atoms with Gasteiger partial charge in [0.05, 0.1) is 0 Å². The second-order valence-electron chi connectivity index (χ2n) is 4.24. The Bertz CT molecular complexity index is 158. The zero-order chi connectivity index (χ0) is 10.6. The van der Waals surface area contributed by atoms with E-state index in [2.05, 4.69) is 33.0 Å². The summed E-state index contributed by atoms with van der Waals surface area (Å²) >= 11 is 0. The van der Waals surface area contributed by atoms with Gasteiger partial charge in [-0.2, -0.15) is 0 Å². The molecule has 0 amide bonds. The van der Waals surface area contributed by atoms with Crippen molar-refractivity contribution in [2.24, 2.45) is 11.8 Å². The van der Waals surface area contributed by atoms with Gasteiger partial charge in [0.1, 0.15) is 6.04 Å². The number of nitrogens with one attached hydrogen (secondary N) is 1. The summed E-state index contributed by atoms with van der Waals surface area (Å²) in [6.07, 6.45) is 0. The van der Waals surface area contributed by atoms with Crippen LogP contribution in [0.2, 0.25) is 0 Å². The van der Waals surface area contributed by atoms with Gasteiger partial charge in [-0.1, -0.05) is 27.7 Å². The number of rotatable bonds is 5. The van der Waals surface area contributed by atoms with Crippen LogP contribution in [0.15, 0.2) is 0 Å². The van der Waals surface area contributed by atoms with Crippen molar-refractivity contribution in [3.63, 3.8) is 0 Å². The monoisotopic (exact) mass is 187 g/mol. The predicted octanol–water partition coefficient (Wildman–Crippen LogP) is 1.73. The van der Waals surface area contributed by atoms with Crippen molar-refractivity contribution >= 4 is 5.97 Å². The van der Waals surface area contributed by atoms with Gasteiger partial charge in [-0.25, -0.2) is 0 Å². The fourth-order valence-corrected chi connectivity index (χ4v) is 1.51. The summed E-state index contributed by atoms with van der Waals surface area (Å²) in [7, 11) is 0. The van der Waals surface area contributed by atoms with Crippen LogP contribution in [0.3, 0.4) is 0 Å². The molecule has 0 unspecified atom stereocenters. The summed E-state index contributed by atoms with van der Waals surface area (Å²) in [6, 6.07) is -0.194. The minimum absolute atomic E-state index is 0.270. The molecule has 0 bridgehead atoms. The van der Waals surface area contributed by atoms with Crippen LogP contribution in [0.1, 0.15) is 34.6 Å². The largest absolute Gasteiger partial charge is 0.480 e. The maximum absolute atomic E-state index is 10.6. The van der Waals surface area contributed by atoms with Crippen LogP contribution >= 0.6 is 0 Å². The van der Waals surface area contributed by atoms with Gasteiger partial charge in [0.25, 0.3) is 0 Å². The lowest BCUT2D eigenvalue weighted by atomic mass is 9.92. The summed E-state index contributed by atoms with van der Waals surface area (Å²) in [5.74, 6) is 0.134. The molecule has 0 spiro atoms. The topological polar surface area (TPSA) is 49.3 Å². The average Bonchev–Trinajstić information content (AvgIpc) is 1.97. The number of carboxylic acid groups (broad SMARTS) is 1. The van der Waals surface area contributed by atoms with E-state index in [1.54, 1.807) is 6.92 Å². The zero-order valence-corrected chi connectivity index (χ0v) is 9.16. The van der Waals surface area contributed by atoms with E-state index in [4.69, 9.17) is 5.11 Å². The molecule has 0 saturated heterocycles. The standard InChI is InChI=1S/C10H21NO2/c1-6(2)9(7(3)4)11-8(5)10(12)13/h6-9,11H,1-5H3,(H,12,13)/t8-/m1/s1. The van der Waals surface area contributed by atoms with Crippen LogP contribution in [0.4, 0.5) is 0 Å². The molecule has 3 nitrogen and oxygen atoms in total. The van der Waals surface area contributed by atoms with Crippen LogP contribution in [0.25, 0.3) is 0 Å². The fraction of sp³-hybridized carbons (Fsp3) is 0.900. The van der Waals surface area contributed by atoms with Gasteiger partial charge in [0.15, 0.2) is 0 Å². The highest BCUT2D eigenvalue weighted by atomic mass is 16.4. The highest BCUT2D eigenvalue weighted by Gasteiger charge is 2.21. The third-order valence-electron chi connectivity index (χ3n) is 2.25. The first-order chi connectivity index (χ1) is 5.86. The molecule has 0 radical (unpaired) electrons. The van der Waals surface area contributed by atoms with Gasteiger partial charge in [0, 0.05) is 6.04 Å². The SMILES string of the molecule is CC(C)C(N[C@H](C)C(=O)O)C(C)C. The molecule has 1 atom stereocenters. The minimum atomic E-state index is -0.786. The Labute approximate surface area is 80.5 Å². The molecular formula is C10H21NO2. The Hall–Kier alpha value is -0.570. The Morgan fingerprint density at radius 1 is 1.08 bits per heavy atom. The molecule has 0 heterocycles. The molecule has 0 aromatic heterocycles. The summed E-state index contributed by atoms with van der Waals surface area (Å²) in [6.45, 7) is 10.1. The number of hydrogen-bond donors (Lipinski definition) is 2. The smallest absolute Gasteiger partial charge is 0.320 e. The zero-order valence-electron chi connectivity index (χ0n) is 9.16. The minimum Gasteiger partial charge on any atom is -0.480 e. The summed E-state index contributed by atoms with van der Waals surface area (Å²) in [5, 5.41) is 11.8. The number of carbonyl (C=O) groups is 1. The van der Waals surface area contributed by atoms with E-state index in [-0.39, 0.29) is 6.04 Å². The first kappa shape index (κ1) is 12.4. The van der Waals surface area contributed by atoms with Crippen LogP contribution in [-0.2, 0) is 4.79 Å². The highest BCUT2D eigenvalue weighted by Crippen LogP contribution is 2.12. The number of aliphatic carboxylic acids is 1. The lowest BCUT2D eigenvalue weighted by Crippen LogP contribution is -2.46. The van der Waals surface area contributed by atoms with Gasteiger partial charge in [-0.15, -0.1) is 0 Å². The van der Waals surface area contributed by atoms with Crippen LogP contribution in [0, 0.1) is 11.8 Å². The molecule has 0 aliphatic heterocycles. The van der Waals surface area contributed by atoms with Crippen molar-refractivity contribution in [3.05, 3.63) is 0 Å². The predicted molar refractivity (Wildman–Crippen MR) is 53.7 cm³/mol. The maximum atomic E-state index is 10.6. The normalized spacial score (nSPS) is 14.2. The Morgan fingerprint density at radius 3 is 1.69 bits per heavy atom. The average molecular weight is 187 g/mol. The van der Waals surface area contributed by atoms with Gasteiger partial charge >= 0.3 is 5.97 Å². The van der Waals surface area contributed by atoms with Crippen LogP contribution < -0.4 is 5.32 Å². The first-order valence-electron chi connectivity index (χ1n) is 4.85. The highest BCUT2D eigenvalue weighted by molar-refractivity contribution is 5.72. The molecule has 13 heavy (non-hydrogen) atoms. The van der Waals surface area contributed by atoms with E-state index in [0.29, 0.717) is 11.8 Å². The van der Waals surface area contributed by atoms with E-state index < -0.39 is 12.0 Å². The van der Waals surface area contributed by atoms with E-state index in [9.17, 15) is 4.79 Å². The van der Waals surface area contributed by atoms with Crippen molar-refractivity contribution in [1.82, 2.24) is 5.32 Å². The van der Waals surface area contributed by atoms with Gasteiger partial charge in [0.2, 0.25) is 0 Å².